The van der Waals surface area contributed by atoms with Crippen LogP contribution in [0.5, 0.6) is 0 Å². The topological polar surface area (TPSA) is 32.3 Å². The van der Waals surface area contributed by atoms with Crippen LogP contribution in [0.25, 0.3) is 0 Å². The van der Waals surface area contributed by atoms with Crippen molar-refractivity contribution in [3.05, 3.63) is 6.42 Å². The maximum absolute atomic E-state index is 12.8. The third-order valence-electron chi connectivity index (χ3n) is 6.74. The molecule has 1 radical (unpaired) electrons. The Bertz CT molecular complexity index is 378. The summed E-state index contributed by atoms with van der Waals surface area (Å²) in [7, 11) is 0. The van der Waals surface area contributed by atoms with E-state index in [9.17, 15) is 4.79 Å². The standard InChI is InChI=1S/C19H31N2O/c22-18(20-5-1-2-6-21-7-3-4-8-21)19-12-15-9-16(13-19)11-17(10-15)14-19/h3,15-17H,1-2,4-14H2,(H,20,22). The smallest absolute Gasteiger partial charge is 0.226 e. The van der Waals surface area contributed by atoms with E-state index in [0.29, 0.717) is 5.91 Å². The molecule has 1 saturated heterocycles. The first-order chi connectivity index (χ1) is 10.7. The highest BCUT2D eigenvalue weighted by Gasteiger charge is 2.54. The number of hydrogen-bond acceptors (Lipinski definition) is 2. The van der Waals surface area contributed by atoms with Crippen molar-refractivity contribution in [3.63, 3.8) is 0 Å². The van der Waals surface area contributed by atoms with E-state index in [1.165, 1.54) is 71.0 Å². The number of nitrogens with zero attached hydrogens (tertiary/aromatic N) is 1. The Kier molecular flexibility index (Phi) is 4.19. The quantitative estimate of drug-likeness (QED) is 0.765. The van der Waals surface area contributed by atoms with Gasteiger partial charge in [0.15, 0.2) is 0 Å². The zero-order chi connectivity index (χ0) is 15.0. The van der Waals surface area contributed by atoms with Crippen LogP contribution in [0.1, 0.15) is 57.8 Å². The van der Waals surface area contributed by atoms with Crippen molar-refractivity contribution < 1.29 is 4.79 Å². The summed E-state index contributed by atoms with van der Waals surface area (Å²) >= 11 is 0. The predicted octanol–water partition coefficient (Wildman–Crippen LogP) is 3.01. The van der Waals surface area contributed by atoms with Gasteiger partial charge in [0.2, 0.25) is 5.91 Å². The molecule has 5 aliphatic rings. The monoisotopic (exact) mass is 303 g/mol. The molecule has 0 aromatic rings. The molecule has 1 amide bonds. The number of amides is 1. The molecule has 5 fully saturated rings. The van der Waals surface area contributed by atoms with Gasteiger partial charge in [0.05, 0.1) is 0 Å². The third kappa shape index (κ3) is 2.93. The first-order valence-electron chi connectivity index (χ1n) is 9.56. The van der Waals surface area contributed by atoms with E-state index in [1.54, 1.807) is 0 Å². The molecular weight excluding hydrogens is 272 g/mol. The molecule has 0 spiro atoms. The van der Waals surface area contributed by atoms with Crippen LogP contribution in [0.2, 0.25) is 0 Å². The highest BCUT2D eigenvalue weighted by atomic mass is 16.2. The molecule has 1 N–H and O–H groups in total. The molecule has 4 saturated carbocycles. The molecule has 123 valence electrons. The lowest BCUT2D eigenvalue weighted by molar-refractivity contribution is -0.146. The van der Waals surface area contributed by atoms with Gasteiger partial charge < -0.3 is 10.2 Å². The lowest BCUT2D eigenvalue weighted by Gasteiger charge is -2.55. The van der Waals surface area contributed by atoms with Crippen molar-refractivity contribution in [2.24, 2.45) is 23.2 Å². The molecule has 3 nitrogen and oxygen atoms in total. The van der Waals surface area contributed by atoms with Crippen LogP contribution < -0.4 is 5.32 Å². The Labute approximate surface area is 135 Å². The highest BCUT2D eigenvalue weighted by molar-refractivity contribution is 5.83. The van der Waals surface area contributed by atoms with Crippen molar-refractivity contribution in [2.45, 2.75) is 57.8 Å². The number of carbonyl (C=O) groups excluding carboxylic acids is 1. The largest absolute Gasteiger partial charge is 0.356 e. The molecular formula is C19H31N2O. The summed E-state index contributed by atoms with van der Waals surface area (Å²) < 4.78 is 0. The third-order valence-corrected chi connectivity index (χ3v) is 6.74. The van der Waals surface area contributed by atoms with E-state index in [0.717, 1.165) is 30.7 Å². The summed E-state index contributed by atoms with van der Waals surface area (Å²) in [5, 5.41) is 3.30. The van der Waals surface area contributed by atoms with E-state index >= 15 is 0 Å². The fourth-order valence-electron chi connectivity index (χ4n) is 6.08. The first kappa shape index (κ1) is 15.0. The average Bonchev–Trinajstić information content (AvgIpc) is 2.98. The van der Waals surface area contributed by atoms with Crippen molar-refractivity contribution in [1.82, 2.24) is 10.2 Å². The van der Waals surface area contributed by atoms with Crippen molar-refractivity contribution in [3.8, 4) is 0 Å². The minimum atomic E-state index is 0.0403. The van der Waals surface area contributed by atoms with Gasteiger partial charge in [0.25, 0.3) is 0 Å². The summed E-state index contributed by atoms with van der Waals surface area (Å²) in [6.07, 6.45) is 13.8. The van der Waals surface area contributed by atoms with E-state index in [2.05, 4.69) is 16.6 Å². The Morgan fingerprint density at radius 2 is 1.77 bits per heavy atom. The second kappa shape index (κ2) is 6.14. The van der Waals surface area contributed by atoms with Gasteiger partial charge in [0.1, 0.15) is 0 Å². The molecule has 1 aliphatic heterocycles. The van der Waals surface area contributed by atoms with Crippen molar-refractivity contribution >= 4 is 5.91 Å². The Balaban J connectivity index is 1.21. The maximum Gasteiger partial charge on any atom is 0.226 e. The molecule has 5 rings (SSSR count). The number of hydrogen-bond donors (Lipinski definition) is 1. The summed E-state index contributed by atoms with van der Waals surface area (Å²) in [6, 6.07) is 0. The fraction of sp³-hybridized carbons (Fsp3) is 0.895. The van der Waals surface area contributed by atoms with Crippen molar-refractivity contribution in [1.29, 1.82) is 0 Å². The molecule has 0 unspecified atom stereocenters. The van der Waals surface area contributed by atoms with Gasteiger partial charge in [-0.15, -0.1) is 0 Å². The van der Waals surface area contributed by atoms with Gasteiger partial charge in [-0.2, -0.15) is 0 Å². The van der Waals surface area contributed by atoms with Crippen LogP contribution in [0.15, 0.2) is 0 Å². The summed E-state index contributed by atoms with van der Waals surface area (Å²) in [6.45, 7) is 4.49. The summed E-state index contributed by atoms with van der Waals surface area (Å²) in [5.74, 6) is 3.00. The van der Waals surface area contributed by atoms with E-state index in [1.807, 2.05) is 0 Å². The molecule has 0 aromatic carbocycles. The zero-order valence-electron chi connectivity index (χ0n) is 13.9. The Hall–Kier alpha value is -0.570. The number of rotatable bonds is 6. The molecule has 4 aliphatic carbocycles. The normalized spacial score (nSPS) is 40.3. The second-order valence-corrected chi connectivity index (χ2v) is 8.54. The maximum atomic E-state index is 12.8. The minimum Gasteiger partial charge on any atom is -0.356 e. The molecule has 0 aromatic heterocycles. The zero-order valence-corrected chi connectivity index (χ0v) is 13.9. The van der Waals surface area contributed by atoms with Crippen LogP contribution in [-0.2, 0) is 4.79 Å². The fourth-order valence-corrected chi connectivity index (χ4v) is 6.08. The first-order valence-corrected chi connectivity index (χ1v) is 9.56. The van der Waals surface area contributed by atoms with Crippen molar-refractivity contribution in [2.75, 3.05) is 26.2 Å². The lowest BCUT2D eigenvalue weighted by Crippen LogP contribution is -2.53. The molecule has 22 heavy (non-hydrogen) atoms. The van der Waals surface area contributed by atoms with Gasteiger partial charge in [-0.3, -0.25) is 4.79 Å². The van der Waals surface area contributed by atoms with Crippen LogP contribution in [0, 0.1) is 29.6 Å². The second-order valence-electron chi connectivity index (χ2n) is 8.54. The molecule has 3 heteroatoms. The van der Waals surface area contributed by atoms with E-state index in [4.69, 9.17) is 0 Å². The van der Waals surface area contributed by atoms with Gasteiger partial charge in [0, 0.05) is 18.5 Å². The predicted molar refractivity (Wildman–Crippen MR) is 88.2 cm³/mol. The van der Waals surface area contributed by atoms with Crippen LogP contribution in [0.3, 0.4) is 0 Å². The number of nitrogens with one attached hydrogen (secondary N) is 1. The van der Waals surface area contributed by atoms with E-state index < -0.39 is 0 Å². The minimum absolute atomic E-state index is 0.0403. The molecule has 4 bridgehead atoms. The van der Waals surface area contributed by atoms with Gasteiger partial charge in [-0.25, -0.2) is 0 Å². The lowest BCUT2D eigenvalue weighted by atomic mass is 9.49. The Morgan fingerprint density at radius 3 is 2.36 bits per heavy atom. The van der Waals surface area contributed by atoms with Gasteiger partial charge >= 0.3 is 0 Å². The molecule has 0 atom stereocenters. The number of likely N-dealkylation sites (tertiary alicyclic amines) is 1. The SMILES string of the molecule is O=C(NCCCCN1C[CH]CC1)C12CC3CC(CC(C3)C1)C2. The van der Waals surface area contributed by atoms with Crippen LogP contribution in [0.4, 0.5) is 0 Å². The number of carbonyl (C=O) groups is 1. The molecule has 1 heterocycles. The van der Waals surface area contributed by atoms with Gasteiger partial charge in [-0.05, 0) is 95.1 Å². The summed E-state index contributed by atoms with van der Waals surface area (Å²) in [5.41, 5.74) is 0.0403. The van der Waals surface area contributed by atoms with Gasteiger partial charge in [-0.1, -0.05) is 0 Å². The highest BCUT2D eigenvalue weighted by Crippen LogP contribution is 2.60. The average molecular weight is 303 g/mol. The Morgan fingerprint density at radius 1 is 1.09 bits per heavy atom. The van der Waals surface area contributed by atoms with E-state index in [-0.39, 0.29) is 5.41 Å². The number of unbranched alkanes of at least 4 members (excludes halogenated alkanes) is 1. The summed E-state index contributed by atoms with van der Waals surface area (Å²) in [4.78, 5) is 15.3. The van der Waals surface area contributed by atoms with Crippen LogP contribution >= 0.6 is 0 Å². The van der Waals surface area contributed by atoms with Crippen LogP contribution in [-0.4, -0.2) is 37.0 Å².